The molecule has 1 heterocycles. The van der Waals surface area contributed by atoms with Gasteiger partial charge in [0.1, 0.15) is 0 Å². The van der Waals surface area contributed by atoms with Crippen LogP contribution in [0.2, 0.25) is 0 Å². The van der Waals surface area contributed by atoms with Crippen LogP contribution >= 0.6 is 12.6 Å². The Morgan fingerprint density at radius 3 is 2.88 bits per heavy atom. The molecule has 4 heteroatoms. The molecule has 8 heavy (non-hydrogen) atoms. The van der Waals surface area contributed by atoms with Gasteiger partial charge in [-0.25, -0.2) is 0 Å². The second-order valence-electron chi connectivity index (χ2n) is 1.51. The number of hydrogen-bond donors (Lipinski definition) is 1. The Morgan fingerprint density at radius 2 is 2.62 bits per heavy atom. The van der Waals surface area contributed by atoms with E-state index in [1.807, 2.05) is 7.05 Å². The van der Waals surface area contributed by atoms with Gasteiger partial charge in [-0.2, -0.15) is 12.6 Å². The summed E-state index contributed by atoms with van der Waals surface area (Å²) in [5.74, 6) is 0.698. The molecule has 44 valence electrons. The lowest BCUT2D eigenvalue weighted by Crippen LogP contribution is -1.94. The van der Waals surface area contributed by atoms with Gasteiger partial charge in [-0.1, -0.05) is 5.21 Å². The molecule has 1 aromatic heterocycles. The standard InChI is InChI=1S/C4H7N3S/c1-7-4(3-8)2-5-6-7/h2,8H,3H2,1H3. The Hall–Kier alpha value is -0.510. The molecule has 0 atom stereocenters. The summed E-state index contributed by atoms with van der Waals surface area (Å²) in [4.78, 5) is 0. The summed E-state index contributed by atoms with van der Waals surface area (Å²) in [5.41, 5.74) is 1.04. The Kier molecular flexibility index (Phi) is 1.53. The first-order valence-corrected chi connectivity index (χ1v) is 2.92. The van der Waals surface area contributed by atoms with Crippen molar-refractivity contribution >= 4 is 12.6 Å². The van der Waals surface area contributed by atoms with Crippen molar-refractivity contribution in [1.82, 2.24) is 15.0 Å². The van der Waals surface area contributed by atoms with Crippen LogP contribution in [0.15, 0.2) is 6.20 Å². The van der Waals surface area contributed by atoms with E-state index in [0.29, 0.717) is 5.75 Å². The maximum absolute atomic E-state index is 4.05. The Labute approximate surface area is 53.1 Å². The zero-order chi connectivity index (χ0) is 5.98. The monoisotopic (exact) mass is 129 g/mol. The number of thiol groups is 1. The Morgan fingerprint density at radius 1 is 1.88 bits per heavy atom. The van der Waals surface area contributed by atoms with E-state index in [1.165, 1.54) is 0 Å². The van der Waals surface area contributed by atoms with Gasteiger partial charge in [-0.05, 0) is 0 Å². The lowest BCUT2D eigenvalue weighted by atomic mass is 10.5. The van der Waals surface area contributed by atoms with Crippen LogP contribution in [-0.4, -0.2) is 15.0 Å². The van der Waals surface area contributed by atoms with E-state index in [1.54, 1.807) is 10.9 Å². The molecule has 3 nitrogen and oxygen atoms in total. The fourth-order valence-electron chi connectivity index (χ4n) is 0.454. The molecule has 0 aromatic carbocycles. The van der Waals surface area contributed by atoms with E-state index in [0.717, 1.165) is 5.69 Å². The minimum absolute atomic E-state index is 0.698. The van der Waals surface area contributed by atoms with E-state index in [9.17, 15) is 0 Å². The summed E-state index contributed by atoms with van der Waals surface area (Å²) in [7, 11) is 1.85. The average molecular weight is 129 g/mol. The highest BCUT2D eigenvalue weighted by Crippen LogP contribution is 1.95. The van der Waals surface area contributed by atoms with E-state index in [-0.39, 0.29) is 0 Å². The third-order valence-electron chi connectivity index (χ3n) is 0.970. The van der Waals surface area contributed by atoms with Crippen LogP contribution in [-0.2, 0) is 12.8 Å². The number of rotatable bonds is 1. The Bertz CT molecular complexity index is 172. The van der Waals surface area contributed by atoms with E-state index >= 15 is 0 Å². The predicted molar refractivity (Wildman–Crippen MR) is 33.7 cm³/mol. The van der Waals surface area contributed by atoms with Crippen LogP contribution in [0.1, 0.15) is 5.69 Å². The van der Waals surface area contributed by atoms with Crippen LogP contribution in [0.3, 0.4) is 0 Å². The SMILES string of the molecule is Cn1nncc1CS. The summed E-state index contributed by atoms with van der Waals surface area (Å²) in [5, 5.41) is 7.36. The number of nitrogens with zero attached hydrogens (tertiary/aromatic N) is 3. The Balaban J connectivity index is 2.92. The molecule has 0 bridgehead atoms. The second kappa shape index (κ2) is 2.17. The zero-order valence-electron chi connectivity index (χ0n) is 4.57. The molecular formula is C4H7N3S. The van der Waals surface area contributed by atoms with Gasteiger partial charge in [0.25, 0.3) is 0 Å². The molecule has 0 saturated carbocycles. The van der Waals surface area contributed by atoms with Crippen molar-refractivity contribution in [2.45, 2.75) is 5.75 Å². The highest BCUT2D eigenvalue weighted by atomic mass is 32.1. The van der Waals surface area contributed by atoms with Crippen LogP contribution in [0.4, 0.5) is 0 Å². The topological polar surface area (TPSA) is 30.7 Å². The van der Waals surface area contributed by atoms with Crippen molar-refractivity contribution in [1.29, 1.82) is 0 Å². The largest absolute Gasteiger partial charge is 0.252 e. The van der Waals surface area contributed by atoms with Crippen molar-refractivity contribution in [3.05, 3.63) is 11.9 Å². The molecule has 0 spiro atoms. The number of aryl methyl sites for hydroxylation is 1. The van der Waals surface area contributed by atoms with Crippen LogP contribution in [0.5, 0.6) is 0 Å². The average Bonchev–Trinajstić information content (AvgIpc) is 2.14. The fraction of sp³-hybridized carbons (Fsp3) is 0.500. The molecule has 0 amide bonds. The second-order valence-corrected chi connectivity index (χ2v) is 1.82. The third kappa shape index (κ3) is 0.838. The zero-order valence-corrected chi connectivity index (χ0v) is 5.47. The molecule has 0 unspecified atom stereocenters. The van der Waals surface area contributed by atoms with Crippen molar-refractivity contribution in [2.75, 3.05) is 0 Å². The van der Waals surface area contributed by atoms with Crippen molar-refractivity contribution in [3.63, 3.8) is 0 Å². The first-order valence-electron chi connectivity index (χ1n) is 2.29. The highest BCUT2D eigenvalue weighted by Gasteiger charge is 1.92. The van der Waals surface area contributed by atoms with Gasteiger partial charge in [-0.15, -0.1) is 5.10 Å². The molecule has 1 rings (SSSR count). The number of aromatic nitrogens is 3. The van der Waals surface area contributed by atoms with Gasteiger partial charge in [0.05, 0.1) is 11.9 Å². The van der Waals surface area contributed by atoms with Crippen molar-refractivity contribution in [3.8, 4) is 0 Å². The third-order valence-corrected chi connectivity index (χ3v) is 1.29. The van der Waals surface area contributed by atoms with E-state index in [2.05, 4.69) is 22.9 Å². The maximum atomic E-state index is 4.05. The predicted octanol–water partition coefficient (Wildman–Crippen LogP) is 0.245. The lowest BCUT2D eigenvalue weighted by Gasteiger charge is -1.89. The molecule has 0 radical (unpaired) electrons. The summed E-state index contributed by atoms with van der Waals surface area (Å²) in [6, 6.07) is 0. The summed E-state index contributed by atoms with van der Waals surface area (Å²) >= 11 is 4.05. The molecule has 0 N–H and O–H groups in total. The molecule has 0 aliphatic heterocycles. The molecule has 0 saturated heterocycles. The van der Waals surface area contributed by atoms with Crippen LogP contribution < -0.4 is 0 Å². The number of hydrogen-bond acceptors (Lipinski definition) is 3. The summed E-state index contributed by atoms with van der Waals surface area (Å²) in [6.07, 6.45) is 1.70. The minimum atomic E-state index is 0.698. The normalized spacial score (nSPS) is 9.75. The minimum Gasteiger partial charge on any atom is -0.252 e. The van der Waals surface area contributed by atoms with Crippen molar-refractivity contribution < 1.29 is 0 Å². The highest BCUT2D eigenvalue weighted by molar-refractivity contribution is 7.79. The molecule has 0 fully saturated rings. The molecule has 1 aromatic rings. The van der Waals surface area contributed by atoms with Crippen LogP contribution in [0, 0.1) is 0 Å². The molecule has 0 aliphatic carbocycles. The van der Waals surface area contributed by atoms with E-state index < -0.39 is 0 Å². The summed E-state index contributed by atoms with van der Waals surface area (Å²) in [6.45, 7) is 0. The van der Waals surface area contributed by atoms with E-state index in [4.69, 9.17) is 0 Å². The van der Waals surface area contributed by atoms with Gasteiger partial charge in [-0.3, -0.25) is 4.68 Å². The molecular weight excluding hydrogens is 122 g/mol. The van der Waals surface area contributed by atoms with Gasteiger partial charge < -0.3 is 0 Å². The first kappa shape index (κ1) is 5.62. The smallest absolute Gasteiger partial charge is 0.0733 e. The van der Waals surface area contributed by atoms with Gasteiger partial charge >= 0.3 is 0 Å². The first-order chi connectivity index (χ1) is 3.84. The fourth-order valence-corrected chi connectivity index (χ4v) is 0.740. The van der Waals surface area contributed by atoms with Gasteiger partial charge in [0.15, 0.2) is 0 Å². The van der Waals surface area contributed by atoms with Crippen molar-refractivity contribution in [2.24, 2.45) is 7.05 Å². The van der Waals surface area contributed by atoms with Gasteiger partial charge in [0, 0.05) is 12.8 Å². The lowest BCUT2D eigenvalue weighted by molar-refractivity contribution is 0.694. The quantitative estimate of drug-likeness (QED) is 0.551. The van der Waals surface area contributed by atoms with Crippen LogP contribution in [0.25, 0.3) is 0 Å². The molecule has 0 aliphatic rings. The van der Waals surface area contributed by atoms with Gasteiger partial charge in [0.2, 0.25) is 0 Å². The maximum Gasteiger partial charge on any atom is 0.0733 e. The summed E-state index contributed by atoms with van der Waals surface area (Å²) < 4.78 is 1.70.